The first-order valence-electron chi connectivity index (χ1n) is 6.89. The van der Waals surface area contributed by atoms with Crippen molar-refractivity contribution in [2.24, 2.45) is 5.73 Å². The Morgan fingerprint density at radius 2 is 1.88 bits per heavy atom. The van der Waals surface area contributed by atoms with Gasteiger partial charge in [0, 0.05) is 6.54 Å². The van der Waals surface area contributed by atoms with Gasteiger partial charge < -0.3 is 15.8 Å². The van der Waals surface area contributed by atoms with Crippen LogP contribution in [-0.2, 0) is 9.53 Å². The van der Waals surface area contributed by atoms with Crippen molar-refractivity contribution >= 4 is 5.91 Å². The van der Waals surface area contributed by atoms with E-state index in [9.17, 15) is 4.79 Å². The molecule has 17 heavy (non-hydrogen) atoms. The fraction of sp³-hybridized carbons (Fsp3) is 0.923. The molecule has 0 heterocycles. The second-order valence-electron chi connectivity index (χ2n) is 5.40. The molecule has 0 radical (unpaired) electrons. The Morgan fingerprint density at radius 1 is 1.24 bits per heavy atom. The summed E-state index contributed by atoms with van der Waals surface area (Å²) >= 11 is 0. The van der Waals surface area contributed by atoms with Crippen molar-refractivity contribution in [1.82, 2.24) is 5.32 Å². The summed E-state index contributed by atoms with van der Waals surface area (Å²) in [6.07, 6.45) is 9.64. The second-order valence-corrected chi connectivity index (χ2v) is 5.40. The van der Waals surface area contributed by atoms with Crippen LogP contribution in [0.15, 0.2) is 0 Å². The lowest BCUT2D eigenvalue weighted by molar-refractivity contribution is -0.123. The van der Waals surface area contributed by atoms with Gasteiger partial charge in [-0.25, -0.2) is 0 Å². The van der Waals surface area contributed by atoms with E-state index in [1.54, 1.807) is 0 Å². The SMILES string of the molecule is NC1(C(=O)NCCOC2CCCCCC2)CC1. The molecule has 1 amide bonds. The van der Waals surface area contributed by atoms with Crippen molar-refractivity contribution in [2.75, 3.05) is 13.2 Å². The van der Waals surface area contributed by atoms with Gasteiger partial charge in [0.25, 0.3) is 0 Å². The Bertz CT molecular complexity index is 256. The van der Waals surface area contributed by atoms with Crippen LogP contribution < -0.4 is 11.1 Å². The van der Waals surface area contributed by atoms with Crippen LogP contribution in [0.5, 0.6) is 0 Å². The van der Waals surface area contributed by atoms with Gasteiger partial charge in [0.15, 0.2) is 0 Å². The molecule has 0 aromatic heterocycles. The number of amides is 1. The van der Waals surface area contributed by atoms with Crippen molar-refractivity contribution in [3.05, 3.63) is 0 Å². The van der Waals surface area contributed by atoms with Crippen LogP contribution >= 0.6 is 0 Å². The van der Waals surface area contributed by atoms with Crippen LogP contribution in [-0.4, -0.2) is 30.7 Å². The summed E-state index contributed by atoms with van der Waals surface area (Å²) in [6, 6.07) is 0. The number of nitrogens with one attached hydrogen (secondary N) is 1. The molecule has 0 atom stereocenters. The highest BCUT2D eigenvalue weighted by atomic mass is 16.5. The monoisotopic (exact) mass is 240 g/mol. The lowest BCUT2D eigenvalue weighted by atomic mass is 10.1. The summed E-state index contributed by atoms with van der Waals surface area (Å²) in [5.41, 5.74) is 5.23. The fourth-order valence-corrected chi connectivity index (χ4v) is 2.34. The van der Waals surface area contributed by atoms with Gasteiger partial charge >= 0.3 is 0 Å². The maximum atomic E-state index is 11.5. The minimum absolute atomic E-state index is 0.0121. The van der Waals surface area contributed by atoms with E-state index in [1.807, 2.05) is 0 Å². The number of carbonyl (C=O) groups excluding carboxylic acids is 1. The lowest BCUT2D eigenvalue weighted by Crippen LogP contribution is -2.44. The van der Waals surface area contributed by atoms with Crippen molar-refractivity contribution < 1.29 is 9.53 Å². The average Bonchev–Trinajstić information content (AvgIpc) is 3.09. The Hall–Kier alpha value is -0.610. The Labute approximate surface area is 103 Å². The van der Waals surface area contributed by atoms with E-state index in [1.165, 1.54) is 38.5 Å². The summed E-state index contributed by atoms with van der Waals surface area (Å²) in [7, 11) is 0. The highest BCUT2D eigenvalue weighted by Gasteiger charge is 2.45. The Balaban J connectivity index is 1.54. The molecule has 0 unspecified atom stereocenters. The van der Waals surface area contributed by atoms with Crippen LogP contribution in [0, 0.1) is 0 Å². The third-order valence-corrected chi connectivity index (χ3v) is 3.78. The zero-order chi connectivity index (χ0) is 12.1. The Kier molecular flexibility index (Phi) is 4.40. The van der Waals surface area contributed by atoms with E-state index in [0.29, 0.717) is 19.3 Å². The van der Waals surface area contributed by atoms with Crippen molar-refractivity contribution in [3.8, 4) is 0 Å². The summed E-state index contributed by atoms with van der Waals surface area (Å²) in [4.78, 5) is 11.5. The maximum absolute atomic E-state index is 11.5. The molecule has 2 saturated carbocycles. The summed E-state index contributed by atoms with van der Waals surface area (Å²) in [5.74, 6) is -0.0121. The number of rotatable bonds is 5. The molecule has 0 aromatic carbocycles. The predicted octanol–water partition coefficient (Wildman–Crippen LogP) is 1.33. The van der Waals surface area contributed by atoms with Gasteiger partial charge in [0.05, 0.1) is 18.2 Å². The molecule has 2 aliphatic rings. The highest BCUT2D eigenvalue weighted by molar-refractivity contribution is 5.88. The normalized spacial score (nSPS) is 24.1. The number of nitrogens with two attached hydrogens (primary N) is 1. The number of carbonyl (C=O) groups is 1. The minimum Gasteiger partial charge on any atom is -0.376 e. The van der Waals surface area contributed by atoms with Crippen LogP contribution in [0.3, 0.4) is 0 Å². The highest BCUT2D eigenvalue weighted by Crippen LogP contribution is 2.31. The van der Waals surface area contributed by atoms with Gasteiger partial charge in [-0.05, 0) is 25.7 Å². The summed E-state index contributed by atoms with van der Waals surface area (Å²) in [6.45, 7) is 1.21. The van der Waals surface area contributed by atoms with Gasteiger partial charge in [-0.3, -0.25) is 4.79 Å². The van der Waals surface area contributed by atoms with Crippen LogP contribution in [0.1, 0.15) is 51.4 Å². The van der Waals surface area contributed by atoms with E-state index in [-0.39, 0.29) is 5.91 Å². The number of hydrogen-bond donors (Lipinski definition) is 2. The molecular weight excluding hydrogens is 216 g/mol. The van der Waals surface area contributed by atoms with E-state index in [0.717, 1.165) is 12.8 Å². The second kappa shape index (κ2) is 5.83. The van der Waals surface area contributed by atoms with Crippen LogP contribution in [0.25, 0.3) is 0 Å². The third-order valence-electron chi connectivity index (χ3n) is 3.78. The average molecular weight is 240 g/mol. The molecule has 4 nitrogen and oxygen atoms in total. The first-order valence-corrected chi connectivity index (χ1v) is 6.89. The maximum Gasteiger partial charge on any atom is 0.240 e. The molecule has 4 heteroatoms. The molecule has 3 N–H and O–H groups in total. The van der Waals surface area contributed by atoms with Crippen molar-refractivity contribution in [1.29, 1.82) is 0 Å². The molecule has 98 valence electrons. The van der Waals surface area contributed by atoms with Crippen LogP contribution in [0.2, 0.25) is 0 Å². The first-order chi connectivity index (χ1) is 8.21. The smallest absolute Gasteiger partial charge is 0.240 e. The molecule has 0 aromatic rings. The largest absolute Gasteiger partial charge is 0.376 e. The first kappa shape index (κ1) is 12.8. The molecular formula is C13H24N2O2. The number of ether oxygens (including phenoxy) is 1. The van der Waals surface area contributed by atoms with Gasteiger partial charge in [-0.2, -0.15) is 0 Å². The molecule has 2 fully saturated rings. The third kappa shape index (κ3) is 3.96. The topological polar surface area (TPSA) is 64.4 Å². The summed E-state index contributed by atoms with van der Waals surface area (Å²) in [5, 5.41) is 2.85. The Morgan fingerprint density at radius 3 is 2.47 bits per heavy atom. The molecule has 0 aliphatic heterocycles. The molecule has 0 spiro atoms. The van der Waals surface area contributed by atoms with Gasteiger partial charge in [0.1, 0.15) is 0 Å². The van der Waals surface area contributed by atoms with Gasteiger partial charge in [-0.1, -0.05) is 25.7 Å². The van der Waals surface area contributed by atoms with E-state index < -0.39 is 5.54 Å². The standard InChI is InChI=1S/C13H24N2O2/c14-13(7-8-13)12(16)15-9-10-17-11-5-3-1-2-4-6-11/h11H,1-10,14H2,(H,15,16). The molecule has 0 saturated heterocycles. The lowest BCUT2D eigenvalue weighted by Gasteiger charge is -2.16. The van der Waals surface area contributed by atoms with E-state index in [4.69, 9.17) is 10.5 Å². The minimum atomic E-state index is -0.553. The quantitative estimate of drug-likeness (QED) is 0.563. The van der Waals surface area contributed by atoms with Crippen molar-refractivity contribution in [3.63, 3.8) is 0 Å². The van der Waals surface area contributed by atoms with E-state index in [2.05, 4.69) is 5.32 Å². The van der Waals surface area contributed by atoms with Gasteiger partial charge in [-0.15, -0.1) is 0 Å². The van der Waals surface area contributed by atoms with Crippen LogP contribution in [0.4, 0.5) is 0 Å². The molecule has 2 aliphatic carbocycles. The van der Waals surface area contributed by atoms with Crippen molar-refractivity contribution in [2.45, 2.75) is 63.0 Å². The van der Waals surface area contributed by atoms with E-state index >= 15 is 0 Å². The molecule has 0 bridgehead atoms. The zero-order valence-electron chi connectivity index (χ0n) is 10.5. The molecule has 2 rings (SSSR count). The number of hydrogen-bond acceptors (Lipinski definition) is 3. The summed E-state index contributed by atoms with van der Waals surface area (Å²) < 4.78 is 5.79. The van der Waals surface area contributed by atoms with Gasteiger partial charge in [0.2, 0.25) is 5.91 Å². The fourth-order valence-electron chi connectivity index (χ4n) is 2.34. The predicted molar refractivity (Wildman–Crippen MR) is 66.6 cm³/mol. The zero-order valence-corrected chi connectivity index (χ0v) is 10.5.